The molecular weight excluding hydrogens is 250 g/mol. The van der Waals surface area contributed by atoms with Crippen LogP contribution >= 0.6 is 0 Å². The Morgan fingerprint density at radius 1 is 1.05 bits per heavy atom. The first-order valence-corrected chi connectivity index (χ1v) is 6.54. The molecule has 0 bridgehead atoms. The average Bonchev–Trinajstić information content (AvgIpc) is 2.47. The molecule has 0 amide bonds. The van der Waals surface area contributed by atoms with Gasteiger partial charge in [0.1, 0.15) is 5.82 Å². The molecule has 3 aromatic heterocycles. The lowest BCUT2D eigenvalue weighted by atomic mass is 10.1. The summed E-state index contributed by atoms with van der Waals surface area (Å²) in [6.07, 6.45) is 3.54. The van der Waals surface area contributed by atoms with E-state index in [1.807, 2.05) is 30.3 Å². The highest BCUT2D eigenvalue weighted by atomic mass is 15.2. The second-order valence-electron chi connectivity index (χ2n) is 4.89. The highest BCUT2D eigenvalue weighted by Crippen LogP contribution is 2.19. The van der Waals surface area contributed by atoms with Gasteiger partial charge in [0.05, 0.1) is 17.2 Å². The highest BCUT2D eigenvalue weighted by Gasteiger charge is 2.04. The van der Waals surface area contributed by atoms with E-state index in [2.05, 4.69) is 39.3 Å². The van der Waals surface area contributed by atoms with Gasteiger partial charge in [-0.2, -0.15) is 5.10 Å². The minimum absolute atomic E-state index is 0.416. The van der Waals surface area contributed by atoms with Gasteiger partial charge in [-0.15, -0.1) is 5.10 Å². The minimum Gasteiger partial charge on any atom is -0.323 e. The predicted octanol–water partition coefficient (Wildman–Crippen LogP) is 3.29. The summed E-state index contributed by atoms with van der Waals surface area (Å²) in [6, 6.07) is 9.62. The number of hydrogen-bond acceptors (Lipinski definition) is 5. The van der Waals surface area contributed by atoms with E-state index in [1.54, 1.807) is 12.4 Å². The van der Waals surface area contributed by atoms with Crippen LogP contribution in [-0.4, -0.2) is 20.2 Å². The summed E-state index contributed by atoms with van der Waals surface area (Å²) >= 11 is 0. The van der Waals surface area contributed by atoms with Crippen LogP contribution in [0.5, 0.6) is 0 Å². The van der Waals surface area contributed by atoms with Gasteiger partial charge < -0.3 is 5.32 Å². The van der Waals surface area contributed by atoms with Crippen LogP contribution in [0.4, 0.5) is 11.6 Å². The molecule has 0 saturated carbocycles. The number of rotatable bonds is 3. The quantitative estimate of drug-likeness (QED) is 0.787. The van der Waals surface area contributed by atoms with Crippen molar-refractivity contribution < 1.29 is 0 Å². The van der Waals surface area contributed by atoms with Crippen LogP contribution in [0.2, 0.25) is 0 Å². The Morgan fingerprint density at radius 2 is 1.95 bits per heavy atom. The van der Waals surface area contributed by atoms with E-state index in [0.29, 0.717) is 11.7 Å². The van der Waals surface area contributed by atoms with Gasteiger partial charge in [0, 0.05) is 6.20 Å². The third kappa shape index (κ3) is 2.56. The molecule has 20 heavy (non-hydrogen) atoms. The Hall–Kier alpha value is -2.56. The summed E-state index contributed by atoms with van der Waals surface area (Å²) in [6.45, 7) is 4.25. The molecule has 5 heteroatoms. The molecule has 0 fully saturated rings. The first-order valence-electron chi connectivity index (χ1n) is 6.54. The molecule has 0 aliphatic heterocycles. The van der Waals surface area contributed by atoms with Crippen molar-refractivity contribution in [2.45, 2.75) is 19.8 Å². The number of anilines is 2. The summed E-state index contributed by atoms with van der Waals surface area (Å²) in [4.78, 5) is 8.75. The first kappa shape index (κ1) is 12.5. The SMILES string of the molecule is CC(C)c1cnnc(Nc2ccc3ncccc3n2)c1. The Bertz CT molecular complexity index is 739. The Morgan fingerprint density at radius 3 is 2.80 bits per heavy atom. The second-order valence-corrected chi connectivity index (χ2v) is 4.89. The summed E-state index contributed by atoms with van der Waals surface area (Å²) in [7, 11) is 0. The third-order valence-corrected chi connectivity index (χ3v) is 3.05. The van der Waals surface area contributed by atoms with E-state index in [-0.39, 0.29) is 0 Å². The summed E-state index contributed by atoms with van der Waals surface area (Å²) in [5.74, 6) is 1.85. The van der Waals surface area contributed by atoms with Gasteiger partial charge in [0.15, 0.2) is 5.82 Å². The number of hydrogen-bond donors (Lipinski definition) is 1. The lowest BCUT2D eigenvalue weighted by Crippen LogP contribution is -2.00. The third-order valence-electron chi connectivity index (χ3n) is 3.05. The van der Waals surface area contributed by atoms with E-state index in [9.17, 15) is 0 Å². The van der Waals surface area contributed by atoms with Crippen LogP contribution < -0.4 is 5.32 Å². The number of nitrogens with one attached hydrogen (secondary N) is 1. The van der Waals surface area contributed by atoms with Crippen molar-refractivity contribution in [1.29, 1.82) is 0 Å². The first-order chi connectivity index (χ1) is 9.72. The summed E-state index contributed by atoms with van der Waals surface area (Å²) in [5, 5.41) is 11.3. The number of pyridine rings is 2. The zero-order chi connectivity index (χ0) is 13.9. The van der Waals surface area contributed by atoms with Crippen molar-refractivity contribution in [3.63, 3.8) is 0 Å². The fourth-order valence-electron chi connectivity index (χ4n) is 1.92. The molecule has 3 rings (SSSR count). The van der Waals surface area contributed by atoms with E-state index >= 15 is 0 Å². The lowest BCUT2D eigenvalue weighted by molar-refractivity contribution is 0.843. The maximum Gasteiger partial charge on any atom is 0.154 e. The molecule has 100 valence electrons. The van der Waals surface area contributed by atoms with E-state index < -0.39 is 0 Å². The number of fused-ring (bicyclic) bond motifs is 1. The molecule has 5 nitrogen and oxygen atoms in total. The molecule has 0 spiro atoms. The molecule has 3 aromatic rings. The van der Waals surface area contributed by atoms with E-state index in [4.69, 9.17) is 0 Å². The number of aromatic nitrogens is 4. The van der Waals surface area contributed by atoms with Crippen LogP contribution in [-0.2, 0) is 0 Å². The van der Waals surface area contributed by atoms with Crippen molar-refractivity contribution in [2.75, 3.05) is 5.32 Å². The van der Waals surface area contributed by atoms with Gasteiger partial charge in [-0.1, -0.05) is 13.8 Å². The molecule has 1 N–H and O–H groups in total. The molecule has 3 heterocycles. The molecule has 0 unspecified atom stereocenters. The smallest absolute Gasteiger partial charge is 0.154 e. The standard InChI is InChI=1S/C15H15N5/c1-10(2)11-8-15(20-17-9-11)19-14-6-5-12-13(18-14)4-3-7-16-12/h3-10H,1-2H3,(H,18,19,20). The molecule has 0 aliphatic carbocycles. The van der Waals surface area contributed by atoms with Crippen molar-refractivity contribution in [3.8, 4) is 0 Å². The van der Waals surface area contributed by atoms with Crippen molar-refractivity contribution in [3.05, 3.63) is 48.3 Å². The molecule has 0 aliphatic rings. The monoisotopic (exact) mass is 265 g/mol. The summed E-state index contributed by atoms with van der Waals surface area (Å²) in [5.41, 5.74) is 2.87. The van der Waals surface area contributed by atoms with Crippen LogP contribution in [0.3, 0.4) is 0 Å². The number of nitrogens with zero attached hydrogens (tertiary/aromatic N) is 4. The van der Waals surface area contributed by atoms with Gasteiger partial charge in [-0.25, -0.2) is 4.98 Å². The molecule has 0 saturated heterocycles. The normalized spacial score (nSPS) is 10.9. The zero-order valence-electron chi connectivity index (χ0n) is 11.4. The predicted molar refractivity (Wildman–Crippen MR) is 78.9 cm³/mol. The Kier molecular flexibility index (Phi) is 3.25. The van der Waals surface area contributed by atoms with E-state index in [0.717, 1.165) is 22.4 Å². The lowest BCUT2D eigenvalue weighted by Gasteiger charge is -2.08. The van der Waals surface area contributed by atoms with Crippen molar-refractivity contribution in [2.24, 2.45) is 0 Å². The molecule has 0 radical (unpaired) electrons. The van der Waals surface area contributed by atoms with Crippen molar-refractivity contribution >= 4 is 22.7 Å². The average molecular weight is 265 g/mol. The van der Waals surface area contributed by atoms with Crippen molar-refractivity contribution in [1.82, 2.24) is 20.2 Å². The van der Waals surface area contributed by atoms with Gasteiger partial charge in [-0.05, 0) is 41.8 Å². The summed E-state index contributed by atoms with van der Waals surface area (Å²) < 4.78 is 0. The van der Waals surface area contributed by atoms with Gasteiger partial charge in [0.25, 0.3) is 0 Å². The van der Waals surface area contributed by atoms with Crippen LogP contribution in [0.1, 0.15) is 25.3 Å². The van der Waals surface area contributed by atoms with Gasteiger partial charge in [0.2, 0.25) is 0 Å². The highest BCUT2D eigenvalue weighted by molar-refractivity contribution is 5.76. The maximum atomic E-state index is 4.50. The van der Waals surface area contributed by atoms with E-state index in [1.165, 1.54) is 0 Å². The largest absolute Gasteiger partial charge is 0.323 e. The molecule has 0 atom stereocenters. The molecule has 0 aromatic carbocycles. The fourth-order valence-corrected chi connectivity index (χ4v) is 1.92. The Labute approximate surface area is 117 Å². The zero-order valence-corrected chi connectivity index (χ0v) is 11.4. The van der Waals surface area contributed by atoms with Crippen LogP contribution in [0, 0.1) is 0 Å². The Balaban J connectivity index is 1.90. The minimum atomic E-state index is 0.416. The van der Waals surface area contributed by atoms with Crippen LogP contribution in [0.15, 0.2) is 42.7 Å². The topological polar surface area (TPSA) is 63.6 Å². The van der Waals surface area contributed by atoms with Gasteiger partial charge in [-0.3, -0.25) is 4.98 Å². The van der Waals surface area contributed by atoms with Gasteiger partial charge >= 0.3 is 0 Å². The molecular formula is C15H15N5. The fraction of sp³-hybridized carbons (Fsp3) is 0.200. The van der Waals surface area contributed by atoms with Crippen LogP contribution in [0.25, 0.3) is 11.0 Å². The maximum absolute atomic E-state index is 4.50. The second kappa shape index (κ2) is 5.21.